The zero-order valence-electron chi connectivity index (χ0n) is 9.47. The van der Waals surface area contributed by atoms with Crippen molar-refractivity contribution >= 4 is 0 Å². The van der Waals surface area contributed by atoms with Crippen molar-refractivity contribution in [2.45, 2.75) is 46.0 Å². The Hall–Kier alpha value is -0.0400. The van der Waals surface area contributed by atoms with Crippen LogP contribution in [0.3, 0.4) is 0 Å². The minimum Gasteiger partial charge on any atom is -0.319 e. The van der Waals surface area contributed by atoms with E-state index >= 15 is 0 Å². The fraction of sp³-hybridized carbons (Fsp3) is 1.00. The summed E-state index contributed by atoms with van der Waals surface area (Å²) in [5.74, 6) is 2.85. The molecule has 1 saturated carbocycles. The lowest BCUT2D eigenvalue weighted by Crippen LogP contribution is -2.18. The van der Waals surface area contributed by atoms with E-state index in [0.717, 1.165) is 17.8 Å². The maximum absolute atomic E-state index is 3.31. The van der Waals surface area contributed by atoms with Crippen molar-refractivity contribution in [3.8, 4) is 0 Å². The summed E-state index contributed by atoms with van der Waals surface area (Å²) in [7, 11) is 2.07. The summed E-state index contributed by atoms with van der Waals surface area (Å²) in [6.45, 7) is 5.98. The molecule has 0 heterocycles. The molecule has 1 rings (SSSR count). The molecule has 0 aliphatic heterocycles. The van der Waals surface area contributed by atoms with Gasteiger partial charge in [0.2, 0.25) is 0 Å². The van der Waals surface area contributed by atoms with E-state index in [1.54, 1.807) is 0 Å². The van der Waals surface area contributed by atoms with Gasteiger partial charge in [0.05, 0.1) is 0 Å². The minimum atomic E-state index is 0.897. The van der Waals surface area contributed by atoms with Crippen molar-refractivity contribution in [3.63, 3.8) is 0 Å². The van der Waals surface area contributed by atoms with Crippen molar-refractivity contribution < 1.29 is 0 Å². The van der Waals surface area contributed by atoms with Crippen LogP contribution in [0.4, 0.5) is 0 Å². The number of hydrogen-bond donors (Lipinski definition) is 1. The molecule has 2 atom stereocenters. The van der Waals surface area contributed by atoms with Crippen LogP contribution in [0, 0.1) is 17.8 Å². The standard InChI is InChI=1S/C12H25N/c1-10(2)12-6-4-5-11(7-8-12)9-13-3/h10-13H,4-9H2,1-3H3. The fourth-order valence-corrected chi connectivity index (χ4v) is 2.57. The van der Waals surface area contributed by atoms with Gasteiger partial charge < -0.3 is 5.32 Å². The Morgan fingerprint density at radius 2 is 1.92 bits per heavy atom. The zero-order chi connectivity index (χ0) is 9.68. The Balaban J connectivity index is 2.30. The summed E-state index contributed by atoms with van der Waals surface area (Å²) in [4.78, 5) is 0. The summed E-state index contributed by atoms with van der Waals surface area (Å²) in [6.07, 6.45) is 7.28. The molecule has 0 aromatic rings. The molecule has 1 nitrogen and oxygen atoms in total. The van der Waals surface area contributed by atoms with Crippen LogP contribution in [0.15, 0.2) is 0 Å². The molecule has 78 valence electrons. The number of rotatable bonds is 3. The molecular weight excluding hydrogens is 158 g/mol. The summed E-state index contributed by atoms with van der Waals surface area (Å²) in [5, 5.41) is 3.31. The highest BCUT2D eigenvalue weighted by Gasteiger charge is 2.20. The van der Waals surface area contributed by atoms with Crippen LogP contribution in [-0.4, -0.2) is 13.6 Å². The Kier molecular flexibility index (Phi) is 4.79. The van der Waals surface area contributed by atoms with Crippen LogP contribution in [0.2, 0.25) is 0 Å². The molecular formula is C12H25N. The monoisotopic (exact) mass is 183 g/mol. The van der Waals surface area contributed by atoms with Gasteiger partial charge in [-0.2, -0.15) is 0 Å². The molecule has 0 aromatic heterocycles. The van der Waals surface area contributed by atoms with E-state index in [9.17, 15) is 0 Å². The normalized spacial score (nSPS) is 30.5. The Labute approximate surface area is 83.3 Å². The highest BCUT2D eigenvalue weighted by atomic mass is 14.8. The van der Waals surface area contributed by atoms with Crippen LogP contribution < -0.4 is 5.32 Å². The van der Waals surface area contributed by atoms with Crippen molar-refractivity contribution in [2.75, 3.05) is 13.6 Å². The molecule has 0 saturated heterocycles. The van der Waals surface area contributed by atoms with E-state index < -0.39 is 0 Å². The quantitative estimate of drug-likeness (QED) is 0.663. The molecule has 0 bridgehead atoms. The first-order valence-electron chi connectivity index (χ1n) is 5.88. The predicted octanol–water partition coefficient (Wildman–Crippen LogP) is 3.06. The Morgan fingerprint density at radius 3 is 2.54 bits per heavy atom. The molecule has 0 aromatic carbocycles. The van der Waals surface area contributed by atoms with E-state index in [-0.39, 0.29) is 0 Å². The van der Waals surface area contributed by atoms with E-state index in [2.05, 4.69) is 26.2 Å². The lowest BCUT2D eigenvalue weighted by Gasteiger charge is -2.18. The molecule has 1 aliphatic rings. The third kappa shape index (κ3) is 3.68. The summed E-state index contributed by atoms with van der Waals surface area (Å²) in [5.41, 5.74) is 0. The fourth-order valence-electron chi connectivity index (χ4n) is 2.57. The molecule has 1 heteroatoms. The average molecular weight is 183 g/mol. The van der Waals surface area contributed by atoms with Gasteiger partial charge >= 0.3 is 0 Å². The molecule has 1 N–H and O–H groups in total. The smallest absolute Gasteiger partial charge is 0.00235 e. The van der Waals surface area contributed by atoms with E-state index in [1.807, 2.05) is 0 Å². The number of nitrogens with one attached hydrogen (secondary N) is 1. The minimum absolute atomic E-state index is 0.897. The average Bonchev–Trinajstić information content (AvgIpc) is 2.30. The van der Waals surface area contributed by atoms with E-state index in [0.29, 0.717) is 0 Å². The molecule has 0 spiro atoms. The molecule has 13 heavy (non-hydrogen) atoms. The van der Waals surface area contributed by atoms with Crippen LogP contribution in [-0.2, 0) is 0 Å². The largest absolute Gasteiger partial charge is 0.319 e. The van der Waals surface area contributed by atoms with Crippen LogP contribution in [0.1, 0.15) is 46.0 Å². The first kappa shape index (κ1) is 11.0. The summed E-state index contributed by atoms with van der Waals surface area (Å²) in [6, 6.07) is 0. The highest BCUT2D eigenvalue weighted by Crippen LogP contribution is 2.31. The second-order valence-electron chi connectivity index (χ2n) is 4.94. The van der Waals surface area contributed by atoms with Crippen molar-refractivity contribution in [3.05, 3.63) is 0 Å². The first-order valence-corrected chi connectivity index (χ1v) is 5.88. The molecule has 0 amide bonds. The molecule has 0 radical (unpaired) electrons. The van der Waals surface area contributed by atoms with Crippen molar-refractivity contribution in [2.24, 2.45) is 17.8 Å². The van der Waals surface area contributed by atoms with Crippen molar-refractivity contribution in [1.29, 1.82) is 0 Å². The van der Waals surface area contributed by atoms with Crippen LogP contribution in [0.5, 0.6) is 0 Å². The van der Waals surface area contributed by atoms with Gasteiger partial charge in [-0.3, -0.25) is 0 Å². The molecule has 1 aliphatic carbocycles. The van der Waals surface area contributed by atoms with Gasteiger partial charge in [0.25, 0.3) is 0 Å². The Bertz CT molecular complexity index is 131. The first-order chi connectivity index (χ1) is 6.24. The maximum Gasteiger partial charge on any atom is -0.00235 e. The molecule has 1 fully saturated rings. The van der Waals surface area contributed by atoms with Gasteiger partial charge in [0.1, 0.15) is 0 Å². The van der Waals surface area contributed by atoms with Gasteiger partial charge in [-0.05, 0) is 50.6 Å². The van der Waals surface area contributed by atoms with Gasteiger partial charge in [-0.15, -0.1) is 0 Å². The van der Waals surface area contributed by atoms with Gasteiger partial charge in [0.15, 0.2) is 0 Å². The van der Waals surface area contributed by atoms with Crippen LogP contribution >= 0.6 is 0 Å². The lowest BCUT2D eigenvalue weighted by molar-refractivity contribution is 0.335. The third-order valence-electron chi connectivity index (χ3n) is 3.57. The third-order valence-corrected chi connectivity index (χ3v) is 3.57. The van der Waals surface area contributed by atoms with Gasteiger partial charge in [0, 0.05) is 0 Å². The van der Waals surface area contributed by atoms with E-state index in [1.165, 1.54) is 38.6 Å². The Morgan fingerprint density at radius 1 is 1.15 bits per heavy atom. The predicted molar refractivity (Wildman–Crippen MR) is 58.8 cm³/mol. The summed E-state index contributed by atoms with van der Waals surface area (Å²) < 4.78 is 0. The molecule has 2 unspecified atom stereocenters. The van der Waals surface area contributed by atoms with Gasteiger partial charge in [-0.1, -0.05) is 26.7 Å². The SMILES string of the molecule is CNCC1CCCC(C(C)C)CC1. The maximum atomic E-state index is 3.31. The second kappa shape index (κ2) is 5.64. The second-order valence-corrected chi connectivity index (χ2v) is 4.94. The highest BCUT2D eigenvalue weighted by molar-refractivity contribution is 4.73. The van der Waals surface area contributed by atoms with Gasteiger partial charge in [-0.25, -0.2) is 0 Å². The summed E-state index contributed by atoms with van der Waals surface area (Å²) >= 11 is 0. The van der Waals surface area contributed by atoms with Crippen molar-refractivity contribution in [1.82, 2.24) is 5.32 Å². The van der Waals surface area contributed by atoms with E-state index in [4.69, 9.17) is 0 Å². The zero-order valence-corrected chi connectivity index (χ0v) is 9.47. The number of hydrogen-bond acceptors (Lipinski definition) is 1. The topological polar surface area (TPSA) is 12.0 Å². The van der Waals surface area contributed by atoms with Crippen LogP contribution in [0.25, 0.3) is 0 Å². The lowest BCUT2D eigenvalue weighted by atomic mass is 9.88.